The fourth-order valence-electron chi connectivity index (χ4n) is 2.72. The van der Waals surface area contributed by atoms with Crippen LogP contribution in [0.3, 0.4) is 0 Å². The highest BCUT2D eigenvalue weighted by Gasteiger charge is 2.16. The summed E-state index contributed by atoms with van der Waals surface area (Å²) < 4.78 is 20.3. The molecular weight excluding hydrogens is 337 g/mol. The van der Waals surface area contributed by atoms with Crippen LogP contribution in [0.15, 0.2) is 49.0 Å². The number of aromatic nitrogens is 2. The first-order valence-corrected chi connectivity index (χ1v) is 8.09. The molecule has 0 radical (unpaired) electrons. The van der Waals surface area contributed by atoms with Crippen LogP contribution in [0.25, 0.3) is 17.0 Å². The van der Waals surface area contributed by atoms with Crippen molar-refractivity contribution < 1.29 is 19.1 Å². The molecule has 2 heterocycles. The number of hydrogen-bond donors (Lipinski definition) is 2. The van der Waals surface area contributed by atoms with Gasteiger partial charge in [-0.1, -0.05) is 12.1 Å². The van der Waals surface area contributed by atoms with Gasteiger partial charge in [0.15, 0.2) is 0 Å². The predicted octanol–water partition coefficient (Wildman–Crippen LogP) is 3.35. The maximum atomic E-state index is 13.1. The van der Waals surface area contributed by atoms with E-state index in [1.54, 1.807) is 29.9 Å². The maximum absolute atomic E-state index is 13.1. The van der Waals surface area contributed by atoms with Crippen molar-refractivity contribution in [1.82, 2.24) is 15.0 Å². The number of amides is 1. The normalized spacial score (nSPS) is 11.2. The Morgan fingerprint density at radius 3 is 2.81 bits per heavy atom. The number of rotatable bonds is 6. The third-order valence-electron chi connectivity index (χ3n) is 3.95. The zero-order valence-electron chi connectivity index (χ0n) is 14.1. The molecule has 1 aromatic carbocycles. The lowest BCUT2D eigenvalue weighted by Gasteiger charge is -2.09. The molecule has 0 atom stereocenters. The van der Waals surface area contributed by atoms with Crippen molar-refractivity contribution in [2.24, 2.45) is 0 Å². The van der Waals surface area contributed by atoms with Gasteiger partial charge in [0.2, 0.25) is 0 Å². The Morgan fingerprint density at radius 1 is 1.35 bits per heavy atom. The van der Waals surface area contributed by atoms with Gasteiger partial charge in [-0.2, -0.15) is 0 Å². The summed E-state index contributed by atoms with van der Waals surface area (Å²) in [6.07, 6.45) is 6.57. The molecule has 0 aliphatic rings. The van der Waals surface area contributed by atoms with Crippen LogP contribution in [0.1, 0.15) is 28.5 Å². The van der Waals surface area contributed by atoms with Crippen LogP contribution in [0.4, 0.5) is 4.39 Å². The summed E-state index contributed by atoms with van der Waals surface area (Å²) in [5.74, 6) is -0.981. The van der Waals surface area contributed by atoms with Gasteiger partial charge in [0.05, 0.1) is 24.6 Å². The van der Waals surface area contributed by atoms with Gasteiger partial charge in [-0.05, 0) is 36.8 Å². The zero-order chi connectivity index (χ0) is 18.5. The summed E-state index contributed by atoms with van der Waals surface area (Å²) in [6.45, 7) is 2.88. The minimum absolute atomic E-state index is 0.0930. The van der Waals surface area contributed by atoms with Crippen molar-refractivity contribution in [1.29, 1.82) is 0 Å². The van der Waals surface area contributed by atoms with Crippen molar-refractivity contribution in [2.75, 3.05) is 6.61 Å². The van der Waals surface area contributed by atoms with Gasteiger partial charge in [0, 0.05) is 23.7 Å². The summed E-state index contributed by atoms with van der Waals surface area (Å²) in [7, 11) is 0. The molecule has 0 bridgehead atoms. The first-order chi connectivity index (χ1) is 12.6. The second kappa shape index (κ2) is 7.79. The molecule has 2 aromatic heterocycles. The number of carbonyl (C=O) groups is 1. The Bertz CT molecular complexity index is 949. The van der Waals surface area contributed by atoms with E-state index in [0.717, 1.165) is 16.5 Å². The molecule has 0 saturated carbocycles. The lowest BCUT2D eigenvalue weighted by molar-refractivity contribution is 0.0700. The average molecular weight is 355 g/mol. The molecule has 2 N–H and O–H groups in total. The minimum Gasteiger partial charge on any atom is -0.501 e. The number of hydrogen-bond acceptors (Lipinski definition) is 4. The Morgan fingerprint density at radius 2 is 2.12 bits per heavy atom. The molecule has 0 spiro atoms. The zero-order valence-corrected chi connectivity index (χ0v) is 14.1. The van der Waals surface area contributed by atoms with E-state index in [0.29, 0.717) is 18.7 Å². The molecule has 0 fully saturated rings. The van der Waals surface area contributed by atoms with Crippen molar-refractivity contribution in [2.45, 2.75) is 13.5 Å². The van der Waals surface area contributed by atoms with E-state index >= 15 is 0 Å². The van der Waals surface area contributed by atoms with Gasteiger partial charge in [-0.15, -0.1) is 0 Å². The number of fused-ring (bicyclic) bond motifs is 1. The summed E-state index contributed by atoms with van der Waals surface area (Å²) in [5.41, 5.74) is 3.99. The molecule has 3 rings (SSSR count). The first-order valence-electron chi connectivity index (χ1n) is 8.09. The van der Waals surface area contributed by atoms with Crippen LogP contribution >= 0.6 is 0 Å². The molecule has 0 aliphatic heterocycles. The third kappa shape index (κ3) is 3.57. The fourth-order valence-corrected chi connectivity index (χ4v) is 2.72. The van der Waals surface area contributed by atoms with E-state index < -0.39 is 5.91 Å². The molecule has 3 aromatic rings. The lowest BCUT2D eigenvalue weighted by atomic mass is 10.1. The molecule has 6 nitrogen and oxygen atoms in total. The van der Waals surface area contributed by atoms with Crippen molar-refractivity contribution in [3.8, 4) is 0 Å². The smallest absolute Gasteiger partial charge is 0.293 e. The Kier molecular flexibility index (Phi) is 5.28. The predicted molar refractivity (Wildman–Crippen MR) is 95.1 cm³/mol. The number of nitrogens with zero attached hydrogens (tertiary/aromatic N) is 2. The number of ether oxygens (including phenoxy) is 1. The highest BCUT2D eigenvalue weighted by atomic mass is 19.1. The van der Waals surface area contributed by atoms with Crippen LogP contribution in [-0.2, 0) is 11.3 Å². The van der Waals surface area contributed by atoms with E-state index in [-0.39, 0.29) is 11.5 Å². The van der Waals surface area contributed by atoms with Crippen LogP contribution in [0, 0.1) is 5.82 Å². The summed E-state index contributed by atoms with van der Waals surface area (Å²) >= 11 is 0. The van der Waals surface area contributed by atoms with Gasteiger partial charge in [0.1, 0.15) is 11.5 Å². The number of nitrogens with one attached hydrogen (secondary N) is 1. The van der Waals surface area contributed by atoms with Gasteiger partial charge in [-0.3, -0.25) is 10.0 Å². The highest BCUT2D eigenvalue weighted by Crippen LogP contribution is 2.24. The number of benzene rings is 1. The molecule has 0 unspecified atom stereocenters. The van der Waals surface area contributed by atoms with Gasteiger partial charge < -0.3 is 9.30 Å². The standard InChI is InChI=1S/C19H18FN3O3/c1-2-26-10-8-16-15-7-9-23(12-13-3-5-14(20)6-4-13)17(15)11-21-18(16)19(24)22-25/h3-11,25H,2,12H2,1H3,(H,22,24). The first kappa shape index (κ1) is 17.6. The van der Waals surface area contributed by atoms with E-state index in [4.69, 9.17) is 9.94 Å². The summed E-state index contributed by atoms with van der Waals surface area (Å²) in [5, 5.41) is 9.74. The van der Waals surface area contributed by atoms with Crippen molar-refractivity contribution in [3.63, 3.8) is 0 Å². The minimum atomic E-state index is -0.700. The second-order valence-electron chi connectivity index (χ2n) is 5.59. The van der Waals surface area contributed by atoms with Gasteiger partial charge >= 0.3 is 0 Å². The average Bonchev–Trinajstić information content (AvgIpc) is 3.06. The summed E-state index contributed by atoms with van der Waals surface area (Å²) in [4.78, 5) is 16.1. The molecule has 0 aliphatic carbocycles. The van der Waals surface area contributed by atoms with Gasteiger partial charge in [0.25, 0.3) is 5.91 Å². The molecular formula is C19H18FN3O3. The van der Waals surface area contributed by atoms with E-state index in [1.165, 1.54) is 18.4 Å². The van der Waals surface area contributed by atoms with E-state index in [2.05, 4.69) is 4.98 Å². The van der Waals surface area contributed by atoms with Crippen LogP contribution in [0.2, 0.25) is 0 Å². The van der Waals surface area contributed by atoms with Gasteiger partial charge in [-0.25, -0.2) is 14.9 Å². The molecule has 134 valence electrons. The quantitative estimate of drug-likeness (QED) is 0.404. The van der Waals surface area contributed by atoms with Crippen molar-refractivity contribution in [3.05, 3.63) is 71.6 Å². The molecule has 26 heavy (non-hydrogen) atoms. The summed E-state index contributed by atoms with van der Waals surface area (Å²) in [6, 6.07) is 8.13. The number of halogens is 1. The van der Waals surface area contributed by atoms with Crippen LogP contribution < -0.4 is 5.48 Å². The number of hydroxylamine groups is 1. The van der Waals surface area contributed by atoms with Crippen LogP contribution in [0.5, 0.6) is 0 Å². The van der Waals surface area contributed by atoms with Crippen molar-refractivity contribution >= 4 is 22.9 Å². The second-order valence-corrected chi connectivity index (χ2v) is 5.59. The Labute approximate surface area is 149 Å². The Hall–Kier alpha value is -3.19. The largest absolute Gasteiger partial charge is 0.501 e. The Balaban J connectivity index is 2.04. The number of pyridine rings is 1. The fraction of sp³-hybridized carbons (Fsp3) is 0.158. The molecule has 7 heteroatoms. The SMILES string of the molecule is CCOC=Cc1c(C(=O)NO)ncc2c1ccn2Cc1ccc(F)cc1. The molecule has 1 amide bonds. The monoisotopic (exact) mass is 355 g/mol. The maximum Gasteiger partial charge on any atom is 0.293 e. The topological polar surface area (TPSA) is 76.4 Å². The molecule has 0 saturated heterocycles. The lowest BCUT2D eigenvalue weighted by Crippen LogP contribution is -2.21. The van der Waals surface area contributed by atoms with Crippen LogP contribution in [-0.4, -0.2) is 27.3 Å². The third-order valence-corrected chi connectivity index (χ3v) is 3.95. The van der Waals surface area contributed by atoms with E-state index in [9.17, 15) is 9.18 Å². The highest BCUT2D eigenvalue weighted by molar-refractivity contribution is 6.02. The van der Waals surface area contributed by atoms with E-state index in [1.807, 2.05) is 23.8 Å². The number of carbonyl (C=O) groups excluding carboxylic acids is 1.